The molecule has 0 aliphatic rings. The monoisotopic (exact) mass is 706 g/mol. The summed E-state index contributed by atoms with van der Waals surface area (Å²) in [6.45, 7) is -0.219. The Morgan fingerprint density at radius 2 is 0.938 bits per heavy atom. The standard InChI is InChI=1S/C24H28Cl2N16O6/c25-13-17(29)39-15(27)9(37-13)21(47)41-23(31)35-5-3-33-19(45)7-1-2-8(12(44)11(7)43)20(46)34-4-6-36-24(32)42-22(48)10-16(28)40-18(30)14(26)38-10/h1-2,43-44H,3-6H2,(H,33,45)(H,34,46)(H4,27,29,39)(H4,28,30,40)(H3,31,35,41,47)(H3,32,36,42,48). The van der Waals surface area contributed by atoms with Crippen LogP contribution in [0.1, 0.15) is 41.7 Å². The van der Waals surface area contributed by atoms with Crippen LogP contribution in [0, 0.1) is 0 Å². The smallest absolute Gasteiger partial charge is 0.302 e. The van der Waals surface area contributed by atoms with Gasteiger partial charge in [0.25, 0.3) is 11.8 Å². The van der Waals surface area contributed by atoms with E-state index in [9.17, 15) is 29.4 Å². The normalized spacial score (nSPS) is 11.5. The lowest BCUT2D eigenvalue weighted by molar-refractivity contribution is 0.0936. The number of aromatic hydroxyl groups is 2. The number of amides is 4. The Balaban J connectivity index is 1.47. The van der Waals surface area contributed by atoms with E-state index in [1.54, 1.807) is 0 Å². The van der Waals surface area contributed by atoms with Crippen LogP contribution in [0.2, 0.25) is 10.3 Å². The molecule has 3 aromatic rings. The molecule has 2 heterocycles. The lowest BCUT2D eigenvalue weighted by Crippen LogP contribution is -2.39. The summed E-state index contributed by atoms with van der Waals surface area (Å²) >= 11 is 11.5. The van der Waals surface area contributed by atoms with E-state index >= 15 is 0 Å². The fourth-order valence-corrected chi connectivity index (χ4v) is 3.72. The molecule has 0 saturated carbocycles. The first-order valence-electron chi connectivity index (χ1n) is 13.1. The number of nitrogens with two attached hydrogens (primary N) is 6. The number of aromatic nitrogens is 4. The Morgan fingerprint density at radius 1 is 0.604 bits per heavy atom. The average molecular weight is 707 g/mol. The second-order valence-corrected chi connectivity index (χ2v) is 9.81. The first-order valence-corrected chi connectivity index (χ1v) is 13.9. The Labute approximate surface area is 279 Å². The number of halogens is 2. The largest absolute Gasteiger partial charge is 0.504 e. The fourth-order valence-electron chi connectivity index (χ4n) is 3.47. The van der Waals surface area contributed by atoms with Crippen molar-refractivity contribution in [2.75, 3.05) is 49.1 Å². The van der Waals surface area contributed by atoms with E-state index in [1.165, 1.54) is 0 Å². The van der Waals surface area contributed by atoms with Crippen molar-refractivity contribution in [3.05, 3.63) is 45.0 Å². The molecule has 0 aliphatic carbocycles. The fraction of sp³-hybridized carbons (Fsp3) is 0.167. The third kappa shape index (κ3) is 9.07. The van der Waals surface area contributed by atoms with Crippen LogP contribution in [-0.4, -0.2) is 91.9 Å². The van der Waals surface area contributed by atoms with Gasteiger partial charge in [-0.05, 0) is 12.1 Å². The van der Waals surface area contributed by atoms with E-state index in [1.807, 2.05) is 0 Å². The van der Waals surface area contributed by atoms with Gasteiger partial charge in [0, 0.05) is 26.2 Å². The van der Waals surface area contributed by atoms with Gasteiger partial charge < -0.3 is 65.9 Å². The van der Waals surface area contributed by atoms with Gasteiger partial charge in [-0.15, -0.1) is 0 Å². The molecule has 18 N–H and O–H groups in total. The lowest BCUT2D eigenvalue weighted by Gasteiger charge is -2.12. The number of aliphatic imine (C=N–C) groups is 2. The second kappa shape index (κ2) is 15.7. The Hall–Kier alpha value is -6.42. The number of carbonyl (C=O) groups is 4. The molecule has 22 nitrogen and oxygen atoms in total. The Kier molecular flexibility index (Phi) is 11.8. The summed E-state index contributed by atoms with van der Waals surface area (Å²) in [5.74, 6) is -6.91. The molecule has 0 unspecified atom stereocenters. The van der Waals surface area contributed by atoms with Crippen LogP contribution < -0.4 is 55.7 Å². The molecule has 0 bridgehead atoms. The minimum absolute atomic E-state index is 0.0272. The van der Waals surface area contributed by atoms with Gasteiger partial charge in [-0.3, -0.25) is 19.2 Å². The number of benzene rings is 1. The number of nitrogens with one attached hydrogen (secondary N) is 4. The minimum Gasteiger partial charge on any atom is -0.504 e. The van der Waals surface area contributed by atoms with Crippen molar-refractivity contribution in [3.63, 3.8) is 0 Å². The number of anilines is 4. The van der Waals surface area contributed by atoms with Gasteiger partial charge >= 0.3 is 11.8 Å². The van der Waals surface area contributed by atoms with E-state index in [4.69, 9.17) is 57.6 Å². The van der Waals surface area contributed by atoms with Crippen molar-refractivity contribution in [2.24, 2.45) is 21.5 Å². The predicted octanol–water partition coefficient (Wildman–Crippen LogP) is -2.74. The number of carbonyl (C=O) groups excluding carboxylic acids is 4. The quantitative estimate of drug-likeness (QED) is 0.0440. The van der Waals surface area contributed by atoms with E-state index in [0.29, 0.717) is 0 Å². The summed E-state index contributed by atoms with van der Waals surface area (Å²) < 4.78 is 0. The number of nitrogen functional groups attached to an aromatic ring is 4. The second-order valence-electron chi connectivity index (χ2n) is 9.09. The molecule has 0 spiro atoms. The van der Waals surface area contributed by atoms with Crippen LogP contribution in [0.5, 0.6) is 11.5 Å². The molecule has 0 atom stereocenters. The third-order valence-electron chi connectivity index (χ3n) is 5.73. The van der Waals surface area contributed by atoms with Gasteiger partial charge in [-0.25, -0.2) is 19.9 Å². The molecule has 4 amide bonds. The van der Waals surface area contributed by atoms with Crippen LogP contribution in [0.25, 0.3) is 0 Å². The molecule has 24 heteroatoms. The topological polar surface area (TPSA) is 389 Å². The molecule has 3 rings (SSSR count). The average Bonchev–Trinajstić information content (AvgIpc) is 3.02. The predicted molar refractivity (Wildman–Crippen MR) is 174 cm³/mol. The first kappa shape index (κ1) is 36.1. The van der Waals surface area contributed by atoms with Crippen molar-refractivity contribution in [3.8, 4) is 11.5 Å². The molecule has 48 heavy (non-hydrogen) atoms. The number of phenols is 2. The van der Waals surface area contributed by atoms with Gasteiger partial charge in [0.05, 0.1) is 11.1 Å². The zero-order valence-electron chi connectivity index (χ0n) is 24.4. The third-order valence-corrected chi connectivity index (χ3v) is 6.29. The number of hydrogen-bond acceptors (Lipinski definition) is 14. The van der Waals surface area contributed by atoms with Crippen LogP contribution in [0.4, 0.5) is 23.3 Å². The van der Waals surface area contributed by atoms with Crippen LogP contribution in [0.3, 0.4) is 0 Å². The highest BCUT2D eigenvalue weighted by Crippen LogP contribution is 2.32. The number of phenolic OH excluding ortho intramolecular Hbond substituents is 2. The van der Waals surface area contributed by atoms with E-state index < -0.39 is 35.1 Å². The number of hydrogen-bond donors (Lipinski definition) is 12. The maximum absolute atomic E-state index is 12.5. The first-order chi connectivity index (χ1) is 22.6. The van der Waals surface area contributed by atoms with Crippen LogP contribution in [-0.2, 0) is 0 Å². The van der Waals surface area contributed by atoms with Crippen LogP contribution >= 0.6 is 23.2 Å². The highest BCUT2D eigenvalue weighted by Gasteiger charge is 2.21. The SMILES string of the molecule is N/C(=N\C(=O)c1nc(Cl)c(N)nc1N)NCCNC(=O)c1ccc(C(=O)NCCN/C(N)=N/C(=O)c2nc(Cl)c(N)nc2N)c(O)c1O. The summed E-state index contributed by atoms with van der Waals surface area (Å²) in [5.41, 5.74) is 32.0. The number of guanidine groups is 2. The van der Waals surface area contributed by atoms with Gasteiger partial charge in [-0.1, -0.05) is 23.2 Å². The van der Waals surface area contributed by atoms with Crippen LogP contribution in [0.15, 0.2) is 22.1 Å². The number of rotatable bonds is 10. The molecule has 0 radical (unpaired) electrons. The van der Waals surface area contributed by atoms with E-state index in [2.05, 4.69) is 51.2 Å². The summed E-state index contributed by atoms with van der Waals surface area (Å²) in [4.78, 5) is 71.4. The van der Waals surface area contributed by atoms with Gasteiger partial charge in [0.2, 0.25) is 0 Å². The summed E-state index contributed by atoms with van der Waals surface area (Å²) in [7, 11) is 0. The molecule has 254 valence electrons. The maximum atomic E-state index is 12.5. The van der Waals surface area contributed by atoms with E-state index in [-0.39, 0.29) is 94.2 Å². The number of nitrogens with zero attached hydrogens (tertiary/aromatic N) is 6. The molecule has 0 aliphatic heterocycles. The molecule has 0 fully saturated rings. The zero-order valence-corrected chi connectivity index (χ0v) is 25.9. The van der Waals surface area contributed by atoms with Gasteiger partial charge in [0.15, 0.2) is 68.4 Å². The van der Waals surface area contributed by atoms with Crippen molar-refractivity contribution < 1.29 is 29.4 Å². The van der Waals surface area contributed by atoms with Gasteiger partial charge in [0.1, 0.15) is 0 Å². The molecule has 0 saturated heterocycles. The minimum atomic E-state index is -0.954. The summed E-state index contributed by atoms with van der Waals surface area (Å²) in [6.07, 6.45) is 0. The van der Waals surface area contributed by atoms with Gasteiger partial charge in [-0.2, -0.15) is 9.98 Å². The highest BCUT2D eigenvalue weighted by molar-refractivity contribution is 6.32. The maximum Gasteiger partial charge on any atom is 0.302 e. The molecule has 2 aromatic heterocycles. The van der Waals surface area contributed by atoms with Crippen molar-refractivity contribution in [1.82, 2.24) is 41.2 Å². The Morgan fingerprint density at radius 3 is 1.29 bits per heavy atom. The molecular weight excluding hydrogens is 679 g/mol. The van der Waals surface area contributed by atoms with E-state index in [0.717, 1.165) is 12.1 Å². The van der Waals surface area contributed by atoms with Crippen molar-refractivity contribution in [1.29, 1.82) is 0 Å². The molecule has 1 aromatic carbocycles. The van der Waals surface area contributed by atoms with Crippen molar-refractivity contribution in [2.45, 2.75) is 0 Å². The molecular formula is C24H28Cl2N16O6. The summed E-state index contributed by atoms with van der Waals surface area (Å²) in [5, 5.41) is 30.2. The highest BCUT2D eigenvalue weighted by atomic mass is 35.5. The van der Waals surface area contributed by atoms with Crippen molar-refractivity contribution >= 4 is 82.0 Å². The zero-order chi connectivity index (χ0) is 35.7. The summed E-state index contributed by atoms with van der Waals surface area (Å²) in [6, 6.07) is 2.22. The lowest BCUT2D eigenvalue weighted by atomic mass is 10.1. The Bertz CT molecular complexity index is 1710.